The van der Waals surface area contributed by atoms with Gasteiger partial charge < -0.3 is 4.98 Å². The third kappa shape index (κ3) is 4.24. The van der Waals surface area contributed by atoms with Gasteiger partial charge >= 0.3 is 0 Å². The number of halogens is 1. The van der Waals surface area contributed by atoms with Crippen molar-refractivity contribution in [3.63, 3.8) is 0 Å². The Morgan fingerprint density at radius 2 is 1.81 bits per heavy atom. The number of rotatable bonds is 3. The molecule has 1 aliphatic carbocycles. The number of hydrogen-bond donors (Lipinski definition) is 2. The van der Waals surface area contributed by atoms with Crippen molar-refractivity contribution in [3.8, 4) is 0 Å². The molecule has 4 rings (SSSR count). The molecule has 0 radical (unpaired) electrons. The van der Waals surface area contributed by atoms with Crippen molar-refractivity contribution in [3.05, 3.63) is 64.3 Å². The summed E-state index contributed by atoms with van der Waals surface area (Å²) >= 11 is 7.56. The molecule has 0 bridgehead atoms. The first-order chi connectivity index (χ1) is 12.4. The van der Waals surface area contributed by atoms with Crippen LogP contribution < -0.4 is 0 Å². The maximum atomic E-state index is 11.7. The van der Waals surface area contributed by atoms with Crippen molar-refractivity contribution < 1.29 is 4.79 Å². The number of H-pyrrole nitrogens is 1. The zero-order valence-electron chi connectivity index (χ0n) is 15.4. The highest BCUT2D eigenvalue weighted by Crippen LogP contribution is 2.41. The van der Waals surface area contributed by atoms with Crippen LogP contribution in [0.2, 0.25) is 0 Å². The van der Waals surface area contributed by atoms with E-state index in [1.807, 2.05) is 6.20 Å². The van der Waals surface area contributed by atoms with Crippen molar-refractivity contribution in [1.29, 1.82) is 0 Å². The molecule has 0 amide bonds. The van der Waals surface area contributed by atoms with E-state index in [1.165, 1.54) is 35.1 Å². The monoisotopic (exact) mass is 429 g/mol. The van der Waals surface area contributed by atoms with E-state index in [0.29, 0.717) is 5.33 Å². The number of benzene rings is 2. The fourth-order valence-electron chi connectivity index (χ4n) is 3.29. The Labute approximate surface area is 168 Å². The van der Waals surface area contributed by atoms with Crippen LogP contribution in [0.25, 0.3) is 10.9 Å². The van der Waals surface area contributed by atoms with Crippen LogP contribution >= 0.6 is 28.6 Å². The average Bonchev–Trinajstić information content (AvgIpc) is 3.38. The van der Waals surface area contributed by atoms with Crippen LogP contribution in [0.3, 0.4) is 0 Å². The van der Waals surface area contributed by atoms with E-state index in [2.05, 4.69) is 84.6 Å². The van der Waals surface area contributed by atoms with Crippen molar-refractivity contribution in [1.82, 2.24) is 4.98 Å². The summed E-state index contributed by atoms with van der Waals surface area (Å²) in [6.07, 6.45) is 4.42. The van der Waals surface area contributed by atoms with Gasteiger partial charge in [-0.1, -0.05) is 45.8 Å². The Kier molecular flexibility index (Phi) is 5.93. The summed E-state index contributed by atoms with van der Waals surface area (Å²) in [7, 11) is 0. The van der Waals surface area contributed by atoms with Gasteiger partial charge in [-0.15, -0.1) is 12.6 Å². The number of aromatic nitrogens is 1. The first-order valence-corrected chi connectivity index (χ1v) is 10.4. The molecule has 0 aliphatic heterocycles. The predicted octanol–water partition coefficient (Wildman–Crippen LogP) is 6.52. The zero-order chi connectivity index (χ0) is 18.8. The summed E-state index contributed by atoms with van der Waals surface area (Å²) in [5, 5.41) is 1.42. The van der Waals surface area contributed by atoms with Gasteiger partial charge in [0.25, 0.3) is 0 Å². The third-order valence-electron chi connectivity index (χ3n) is 4.81. The van der Waals surface area contributed by atoms with Gasteiger partial charge in [0.15, 0.2) is 5.78 Å². The Morgan fingerprint density at radius 1 is 1.15 bits per heavy atom. The summed E-state index contributed by atoms with van der Waals surface area (Å²) in [5.41, 5.74) is 7.10. The largest absolute Gasteiger partial charge is 0.360 e. The van der Waals surface area contributed by atoms with Crippen molar-refractivity contribution in [2.45, 2.75) is 44.4 Å². The molecule has 1 heterocycles. The molecule has 26 heavy (non-hydrogen) atoms. The van der Waals surface area contributed by atoms with Crippen LogP contribution in [0.5, 0.6) is 0 Å². The van der Waals surface area contributed by atoms with Gasteiger partial charge in [-0.25, -0.2) is 0 Å². The predicted molar refractivity (Wildman–Crippen MR) is 116 cm³/mol. The Morgan fingerprint density at radius 3 is 2.38 bits per heavy atom. The number of carbonyl (C=O) groups is 1. The second kappa shape index (κ2) is 8.01. The van der Waals surface area contributed by atoms with E-state index in [4.69, 9.17) is 0 Å². The van der Waals surface area contributed by atoms with Crippen LogP contribution in [0.15, 0.2) is 41.4 Å². The number of aryl methyl sites for hydroxylation is 3. The lowest BCUT2D eigenvalue weighted by molar-refractivity contribution is 0.102. The van der Waals surface area contributed by atoms with Gasteiger partial charge in [0, 0.05) is 27.6 Å². The molecule has 2 aromatic carbocycles. The molecule has 0 spiro atoms. The number of fused-ring (bicyclic) bond motifs is 1. The number of ketones is 1. The van der Waals surface area contributed by atoms with Gasteiger partial charge in [0.05, 0.1) is 5.33 Å². The fourth-order valence-corrected chi connectivity index (χ4v) is 3.72. The minimum Gasteiger partial charge on any atom is -0.360 e. The summed E-state index contributed by atoms with van der Waals surface area (Å²) in [6.45, 7) is 6.28. The number of carbonyl (C=O) groups excluding carboxylic acids is 1. The normalized spacial score (nSPS) is 13.4. The topological polar surface area (TPSA) is 32.9 Å². The second-order valence-electron chi connectivity index (χ2n) is 7.09. The van der Waals surface area contributed by atoms with Crippen LogP contribution in [-0.2, 0) is 0 Å². The zero-order valence-corrected chi connectivity index (χ0v) is 17.9. The average molecular weight is 430 g/mol. The first-order valence-electron chi connectivity index (χ1n) is 8.87. The molecule has 0 unspecified atom stereocenters. The van der Waals surface area contributed by atoms with Gasteiger partial charge in [0.1, 0.15) is 0 Å². The smallest absolute Gasteiger partial charge is 0.175 e. The van der Waals surface area contributed by atoms with Gasteiger partial charge in [0.2, 0.25) is 0 Å². The molecule has 0 atom stereocenters. The quantitative estimate of drug-likeness (QED) is 0.277. The molecule has 0 saturated heterocycles. The van der Waals surface area contributed by atoms with Crippen LogP contribution in [0.1, 0.15) is 51.4 Å². The van der Waals surface area contributed by atoms with E-state index in [1.54, 1.807) is 0 Å². The summed E-state index contributed by atoms with van der Waals surface area (Å²) in [5.74, 6) is 0.883. The van der Waals surface area contributed by atoms with E-state index < -0.39 is 0 Å². The summed E-state index contributed by atoms with van der Waals surface area (Å²) in [4.78, 5) is 16.0. The molecule has 1 N–H and O–H groups in total. The van der Waals surface area contributed by atoms with Gasteiger partial charge in [-0.2, -0.15) is 0 Å². The number of thiol groups is 1. The lowest BCUT2D eigenvalue weighted by Crippen LogP contribution is -1.97. The van der Waals surface area contributed by atoms with E-state index >= 15 is 0 Å². The molecular formula is C22H24BrNOS. The van der Waals surface area contributed by atoms with E-state index in [0.717, 1.165) is 27.3 Å². The number of Topliss-reactive ketones (excluding diaryl/α,β-unsaturated/α-hetero) is 1. The van der Waals surface area contributed by atoms with E-state index in [9.17, 15) is 4.79 Å². The Bertz CT molecular complexity index is 933. The second-order valence-corrected chi connectivity index (χ2v) is 8.09. The van der Waals surface area contributed by atoms with Crippen LogP contribution in [-0.4, -0.2) is 16.1 Å². The number of hydrogen-bond acceptors (Lipinski definition) is 2. The Balaban J connectivity index is 0.000000170. The standard InChI is InChI=1S/C13H12BrNO.C9H12S/c14-6-13(16)11-7-15-12-5-9(8-1-2-8)3-4-10(11)12;1-6-4-7(2)9(10)8(3)5-6/h3-5,7-8,15H,1-2,6H2;4-5,10H,1-3H3. The molecule has 1 aromatic heterocycles. The van der Waals surface area contributed by atoms with E-state index in [-0.39, 0.29) is 5.78 Å². The van der Waals surface area contributed by atoms with Crippen molar-refractivity contribution >= 4 is 45.2 Å². The van der Waals surface area contributed by atoms with Crippen molar-refractivity contribution in [2.75, 3.05) is 5.33 Å². The minimum atomic E-state index is 0.130. The highest BCUT2D eigenvalue weighted by atomic mass is 79.9. The van der Waals surface area contributed by atoms with Gasteiger partial charge in [-0.3, -0.25) is 4.79 Å². The van der Waals surface area contributed by atoms with Crippen LogP contribution in [0.4, 0.5) is 0 Å². The fraction of sp³-hybridized carbons (Fsp3) is 0.318. The molecular weight excluding hydrogens is 406 g/mol. The Hall–Kier alpha value is -1.52. The lowest BCUT2D eigenvalue weighted by Gasteiger charge is -2.03. The molecule has 2 nitrogen and oxygen atoms in total. The summed E-state index contributed by atoms with van der Waals surface area (Å²) < 4.78 is 0. The van der Waals surface area contributed by atoms with Crippen molar-refractivity contribution in [2.24, 2.45) is 0 Å². The van der Waals surface area contributed by atoms with Gasteiger partial charge in [-0.05, 0) is 62.3 Å². The third-order valence-corrected chi connectivity index (χ3v) is 6.03. The first kappa shape index (κ1) is 19.2. The molecule has 3 aromatic rings. The number of aromatic amines is 1. The SMILES string of the molecule is Cc1cc(C)c(S)c(C)c1.O=C(CBr)c1c[nH]c2cc(C3CC3)ccc12. The maximum Gasteiger partial charge on any atom is 0.175 e. The lowest BCUT2D eigenvalue weighted by atomic mass is 10.1. The minimum absolute atomic E-state index is 0.130. The van der Waals surface area contributed by atoms with Crippen LogP contribution in [0, 0.1) is 20.8 Å². The summed E-state index contributed by atoms with van der Waals surface area (Å²) in [6, 6.07) is 10.7. The molecule has 136 valence electrons. The molecule has 4 heteroatoms. The molecule has 1 fully saturated rings. The molecule has 1 saturated carbocycles. The highest BCUT2D eigenvalue weighted by molar-refractivity contribution is 9.09. The maximum absolute atomic E-state index is 11.7. The highest BCUT2D eigenvalue weighted by Gasteiger charge is 2.24. The molecule has 1 aliphatic rings. The number of nitrogens with one attached hydrogen (secondary N) is 1. The number of alkyl halides is 1.